The summed E-state index contributed by atoms with van der Waals surface area (Å²) in [6, 6.07) is 5.31. The van der Waals surface area contributed by atoms with Crippen molar-refractivity contribution >= 4 is 39.1 Å². The van der Waals surface area contributed by atoms with E-state index in [0.717, 1.165) is 22.2 Å². The van der Waals surface area contributed by atoms with Gasteiger partial charge in [0, 0.05) is 5.02 Å². The molecule has 0 aliphatic rings. The molecule has 0 saturated carbocycles. The van der Waals surface area contributed by atoms with Crippen LogP contribution in [0.15, 0.2) is 22.7 Å². The summed E-state index contributed by atoms with van der Waals surface area (Å²) in [6.07, 6.45) is 0.756. The Hall–Kier alpha value is -0.840. The third kappa shape index (κ3) is 3.02. The zero-order valence-corrected chi connectivity index (χ0v) is 13.5. The maximum atomic E-state index is 6.11. The van der Waals surface area contributed by atoms with E-state index >= 15 is 0 Å². The van der Waals surface area contributed by atoms with Crippen LogP contribution in [-0.4, -0.2) is 17.1 Å². The first-order chi connectivity index (χ1) is 9.06. The fraction of sp³-hybridized carbons (Fsp3) is 0.231. The van der Waals surface area contributed by atoms with E-state index in [0.29, 0.717) is 21.7 Å². The summed E-state index contributed by atoms with van der Waals surface area (Å²) in [5, 5.41) is 0.985. The van der Waals surface area contributed by atoms with Crippen molar-refractivity contribution in [2.75, 3.05) is 7.11 Å². The fourth-order valence-corrected chi connectivity index (χ4v) is 2.48. The lowest BCUT2D eigenvalue weighted by Crippen LogP contribution is -1.99. The lowest BCUT2D eigenvalue weighted by molar-refractivity contribution is 0.416. The van der Waals surface area contributed by atoms with Gasteiger partial charge in [-0.1, -0.05) is 30.1 Å². The van der Waals surface area contributed by atoms with Crippen molar-refractivity contribution in [3.8, 4) is 17.1 Å². The Morgan fingerprint density at radius 3 is 2.63 bits per heavy atom. The van der Waals surface area contributed by atoms with Crippen LogP contribution in [0, 0.1) is 0 Å². The van der Waals surface area contributed by atoms with Crippen LogP contribution >= 0.6 is 39.1 Å². The first kappa shape index (κ1) is 14.6. The van der Waals surface area contributed by atoms with Crippen LogP contribution in [0.4, 0.5) is 0 Å². The van der Waals surface area contributed by atoms with Gasteiger partial charge in [0.05, 0.1) is 22.8 Å². The smallest absolute Gasteiger partial charge is 0.164 e. The van der Waals surface area contributed by atoms with Gasteiger partial charge in [-0.15, -0.1) is 0 Å². The quantitative estimate of drug-likeness (QED) is 0.737. The lowest BCUT2D eigenvalue weighted by Gasteiger charge is -2.10. The SMILES string of the molecule is CCc1nc(-c2ccc(Cl)cc2OC)nc(Cl)c1Br. The van der Waals surface area contributed by atoms with Crippen molar-refractivity contribution in [1.82, 2.24) is 9.97 Å². The van der Waals surface area contributed by atoms with E-state index in [1.807, 2.05) is 13.0 Å². The standard InChI is InChI=1S/C13H11BrCl2N2O/c1-3-9-11(14)12(16)18-13(17-9)8-5-4-7(15)6-10(8)19-2/h4-6H,3H2,1-2H3. The van der Waals surface area contributed by atoms with Crippen molar-refractivity contribution < 1.29 is 4.74 Å². The Kier molecular flexibility index (Phi) is 4.66. The molecular formula is C13H11BrCl2N2O. The number of rotatable bonds is 3. The molecule has 0 atom stereocenters. The van der Waals surface area contributed by atoms with Crippen LogP contribution in [-0.2, 0) is 6.42 Å². The number of hydrogen-bond donors (Lipinski definition) is 0. The highest BCUT2D eigenvalue weighted by Crippen LogP contribution is 2.33. The Bertz CT molecular complexity index is 620. The van der Waals surface area contributed by atoms with Gasteiger partial charge in [0.1, 0.15) is 10.9 Å². The summed E-state index contributed by atoms with van der Waals surface area (Å²) >= 11 is 15.4. The lowest BCUT2D eigenvalue weighted by atomic mass is 10.2. The van der Waals surface area contributed by atoms with Crippen molar-refractivity contribution in [1.29, 1.82) is 0 Å². The van der Waals surface area contributed by atoms with Crippen molar-refractivity contribution in [3.05, 3.63) is 38.5 Å². The molecule has 0 aliphatic heterocycles. The fourth-order valence-electron chi connectivity index (χ4n) is 1.67. The number of benzene rings is 1. The summed E-state index contributed by atoms with van der Waals surface area (Å²) < 4.78 is 6.03. The van der Waals surface area contributed by atoms with E-state index in [2.05, 4.69) is 25.9 Å². The van der Waals surface area contributed by atoms with Gasteiger partial charge < -0.3 is 4.74 Å². The molecule has 0 saturated heterocycles. The molecule has 0 fully saturated rings. The second kappa shape index (κ2) is 6.07. The highest BCUT2D eigenvalue weighted by Gasteiger charge is 2.14. The summed E-state index contributed by atoms with van der Waals surface area (Å²) in [4.78, 5) is 8.77. The van der Waals surface area contributed by atoms with Gasteiger partial charge in [-0.3, -0.25) is 0 Å². The van der Waals surface area contributed by atoms with Crippen LogP contribution < -0.4 is 4.74 Å². The molecule has 100 valence electrons. The molecule has 0 bridgehead atoms. The molecule has 0 N–H and O–H groups in total. The van der Waals surface area contributed by atoms with Crippen LogP contribution in [0.1, 0.15) is 12.6 Å². The van der Waals surface area contributed by atoms with E-state index in [1.54, 1.807) is 19.2 Å². The Labute approximate surface area is 130 Å². The minimum absolute atomic E-state index is 0.388. The molecule has 1 heterocycles. The van der Waals surface area contributed by atoms with E-state index in [9.17, 15) is 0 Å². The Morgan fingerprint density at radius 2 is 2.00 bits per heavy atom. The maximum absolute atomic E-state index is 6.11. The van der Waals surface area contributed by atoms with Crippen molar-refractivity contribution in [3.63, 3.8) is 0 Å². The van der Waals surface area contributed by atoms with Crippen LogP contribution in [0.2, 0.25) is 10.2 Å². The topological polar surface area (TPSA) is 35.0 Å². The van der Waals surface area contributed by atoms with E-state index in [-0.39, 0.29) is 0 Å². The number of aryl methyl sites for hydroxylation is 1. The molecule has 3 nitrogen and oxygen atoms in total. The van der Waals surface area contributed by atoms with E-state index < -0.39 is 0 Å². The predicted molar refractivity (Wildman–Crippen MR) is 81.1 cm³/mol. The minimum atomic E-state index is 0.388. The third-order valence-electron chi connectivity index (χ3n) is 2.62. The molecule has 6 heteroatoms. The minimum Gasteiger partial charge on any atom is -0.496 e. The first-order valence-electron chi connectivity index (χ1n) is 5.62. The van der Waals surface area contributed by atoms with Crippen LogP contribution in [0.25, 0.3) is 11.4 Å². The molecule has 1 aromatic heterocycles. The molecule has 2 aromatic rings. The normalized spacial score (nSPS) is 10.6. The third-order valence-corrected chi connectivity index (χ3v) is 4.19. The predicted octanol–water partition coefficient (Wildman–Crippen LogP) is 4.78. The molecule has 0 aliphatic carbocycles. The monoisotopic (exact) mass is 360 g/mol. The van der Waals surface area contributed by atoms with Gasteiger partial charge in [0.25, 0.3) is 0 Å². The Balaban J connectivity index is 2.62. The number of nitrogens with zero attached hydrogens (tertiary/aromatic N) is 2. The second-order valence-corrected chi connectivity index (χ2v) is 5.38. The molecule has 1 aromatic carbocycles. The average molecular weight is 362 g/mol. The van der Waals surface area contributed by atoms with Gasteiger partial charge in [0.15, 0.2) is 5.82 Å². The van der Waals surface area contributed by atoms with Gasteiger partial charge in [-0.25, -0.2) is 9.97 Å². The van der Waals surface area contributed by atoms with E-state index in [1.165, 1.54) is 0 Å². The molecule has 0 amide bonds. The number of aromatic nitrogens is 2. The maximum Gasteiger partial charge on any atom is 0.164 e. The number of ether oxygens (including phenoxy) is 1. The first-order valence-corrected chi connectivity index (χ1v) is 7.17. The van der Waals surface area contributed by atoms with Gasteiger partial charge in [0.2, 0.25) is 0 Å². The molecule has 19 heavy (non-hydrogen) atoms. The van der Waals surface area contributed by atoms with Gasteiger partial charge in [-0.2, -0.15) is 0 Å². The van der Waals surface area contributed by atoms with Crippen LogP contribution in [0.5, 0.6) is 5.75 Å². The summed E-state index contributed by atoms with van der Waals surface area (Å²) in [7, 11) is 1.58. The highest BCUT2D eigenvalue weighted by molar-refractivity contribution is 9.10. The largest absolute Gasteiger partial charge is 0.496 e. The number of hydrogen-bond acceptors (Lipinski definition) is 3. The van der Waals surface area contributed by atoms with Gasteiger partial charge >= 0.3 is 0 Å². The zero-order valence-electron chi connectivity index (χ0n) is 10.4. The van der Waals surface area contributed by atoms with Crippen molar-refractivity contribution in [2.24, 2.45) is 0 Å². The van der Waals surface area contributed by atoms with Crippen LogP contribution in [0.3, 0.4) is 0 Å². The second-order valence-electron chi connectivity index (χ2n) is 3.80. The Morgan fingerprint density at radius 1 is 1.26 bits per heavy atom. The van der Waals surface area contributed by atoms with Gasteiger partial charge in [-0.05, 0) is 40.5 Å². The molecule has 0 spiro atoms. The molecule has 0 radical (unpaired) electrons. The average Bonchev–Trinajstić information content (AvgIpc) is 2.41. The number of halogens is 3. The zero-order chi connectivity index (χ0) is 14.0. The molecular weight excluding hydrogens is 351 g/mol. The molecule has 2 rings (SSSR count). The summed E-state index contributed by atoms with van der Waals surface area (Å²) in [5.41, 5.74) is 1.61. The summed E-state index contributed by atoms with van der Waals surface area (Å²) in [6.45, 7) is 2.01. The van der Waals surface area contributed by atoms with E-state index in [4.69, 9.17) is 27.9 Å². The highest BCUT2D eigenvalue weighted by atomic mass is 79.9. The van der Waals surface area contributed by atoms with Crippen molar-refractivity contribution in [2.45, 2.75) is 13.3 Å². The molecule has 0 unspecified atom stereocenters. The number of methoxy groups -OCH3 is 1. The summed E-state index contributed by atoms with van der Waals surface area (Å²) in [5.74, 6) is 1.14.